The van der Waals surface area contributed by atoms with Gasteiger partial charge in [0.25, 0.3) is 0 Å². The summed E-state index contributed by atoms with van der Waals surface area (Å²) in [6, 6.07) is 0.220. The van der Waals surface area contributed by atoms with Crippen molar-refractivity contribution in [3.8, 4) is 0 Å². The number of carbonyl (C=O) groups excluding carboxylic acids is 1. The number of hydrogen-bond donors (Lipinski definition) is 3. The minimum atomic E-state index is -0.735. The van der Waals surface area contributed by atoms with Crippen LogP contribution in [0.5, 0.6) is 0 Å². The van der Waals surface area contributed by atoms with Crippen molar-refractivity contribution in [3.63, 3.8) is 0 Å². The Labute approximate surface area is 120 Å². The lowest BCUT2D eigenvalue weighted by atomic mass is 10.0. The maximum absolute atomic E-state index is 11.3. The molecule has 116 valence electrons. The maximum Gasteiger partial charge on any atom is 0.219 e. The van der Waals surface area contributed by atoms with Crippen LogP contribution in [-0.4, -0.2) is 72.1 Å². The van der Waals surface area contributed by atoms with Crippen molar-refractivity contribution < 1.29 is 19.7 Å². The van der Waals surface area contributed by atoms with Gasteiger partial charge >= 0.3 is 0 Å². The lowest BCUT2D eigenvalue weighted by Gasteiger charge is -2.34. The molecule has 0 aromatic heterocycles. The van der Waals surface area contributed by atoms with E-state index in [4.69, 9.17) is 4.74 Å². The number of aliphatic hydroxyl groups excluding tert-OH is 2. The molecule has 2 fully saturated rings. The highest BCUT2D eigenvalue weighted by atomic mass is 16.5. The van der Waals surface area contributed by atoms with Crippen LogP contribution in [0.1, 0.15) is 26.2 Å². The quantitative estimate of drug-likeness (QED) is 0.639. The molecule has 6 nitrogen and oxygen atoms in total. The Morgan fingerprint density at radius 1 is 1.30 bits per heavy atom. The molecule has 6 heteroatoms. The molecule has 3 N–H and O–H groups in total. The maximum atomic E-state index is 11.3. The highest BCUT2D eigenvalue weighted by molar-refractivity contribution is 5.73. The molecule has 2 aliphatic rings. The van der Waals surface area contributed by atoms with Crippen LogP contribution in [0.2, 0.25) is 0 Å². The number of nitrogens with zero attached hydrogens (tertiary/aromatic N) is 1. The summed E-state index contributed by atoms with van der Waals surface area (Å²) in [5.74, 6) is 0.116. The van der Waals surface area contributed by atoms with E-state index in [0.717, 1.165) is 32.4 Å². The van der Waals surface area contributed by atoms with Crippen molar-refractivity contribution in [1.29, 1.82) is 0 Å². The van der Waals surface area contributed by atoms with Gasteiger partial charge in [-0.25, -0.2) is 0 Å². The number of carbonyl (C=O) groups is 1. The molecule has 1 aliphatic heterocycles. The number of methoxy groups -OCH3 is 1. The summed E-state index contributed by atoms with van der Waals surface area (Å²) in [6.45, 7) is 3.60. The Morgan fingerprint density at radius 2 is 1.95 bits per heavy atom. The van der Waals surface area contributed by atoms with E-state index in [9.17, 15) is 15.0 Å². The van der Waals surface area contributed by atoms with E-state index < -0.39 is 12.2 Å². The predicted molar refractivity (Wildman–Crippen MR) is 74.2 cm³/mol. The number of amides is 1. The van der Waals surface area contributed by atoms with E-state index in [2.05, 4.69) is 5.32 Å². The van der Waals surface area contributed by atoms with Gasteiger partial charge in [-0.05, 0) is 19.3 Å². The van der Waals surface area contributed by atoms with E-state index in [0.29, 0.717) is 12.6 Å². The average molecular weight is 286 g/mol. The topological polar surface area (TPSA) is 82.0 Å². The smallest absolute Gasteiger partial charge is 0.219 e. The highest BCUT2D eigenvalue weighted by Crippen LogP contribution is 2.28. The monoisotopic (exact) mass is 286 g/mol. The molecule has 1 heterocycles. The molecule has 0 aromatic carbocycles. The third-order valence-corrected chi connectivity index (χ3v) is 4.57. The lowest BCUT2D eigenvalue weighted by molar-refractivity contribution is -0.129. The molecule has 2 rings (SSSR count). The molecule has 1 saturated heterocycles. The fourth-order valence-electron chi connectivity index (χ4n) is 3.33. The number of rotatable bonds is 4. The van der Waals surface area contributed by atoms with Gasteiger partial charge in [0, 0.05) is 45.1 Å². The van der Waals surface area contributed by atoms with Crippen molar-refractivity contribution in [2.45, 2.75) is 50.5 Å². The molecule has 1 amide bonds. The number of piperidine rings is 1. The van der Waals surface area contributed by atoms with Crippen molar-refractivity contribution >= 4 is 5.91 Å². The number of hydrogen-bond acceptors (Lipinski definition) is 5. The van der Waals surface area contributed by atoms with Crippen LogP contribution < -0.4 is 5.32 Å². The minimum Gasteiger partial charge on any atom is -0.390 e. The van der Waals surface area contributed by atoms with Gasteiger partial charge in [-0.15, -0.1) is 0 Å². The number of ether oxygens (including phenoxy) is 1. The molecule has 0 unspecified atom stereocenters. The number of aliphatic hydroxyl groups is 2. The van der Waals surface area contributed by atoms with Crippen molar-refractivity contribution in [3.05, 3.63) is 0 Å². The van der Waals surface area contributed by atoms with E-state index in [1.54, 1.807) is 14.0 Å². The van der Waals surface area contributed by atoms with Crippen molar-refractivity contribution in [2.24, 2.45) is 5.92 Å². The van der Waals surface area contributed by atoms with E-state index >= 15 is 0 Å². The zero-order valence-electron chi connectivity index (χ0n) is 12.3. The van der Waals surface area contributed by atoms with Gasteiger partial charge in [0.15, 0.2) is 0 Å². The summed E-state index contributed by atoms with van der Waals surface area (Å²) in [4.78, 5) is 13.1. The Morgan fingerprint density at radius 3 is 2.50 bits per heavy atom. The molecule has 20 heavy (non-hydrogen) atoms. The zero-order valence-corrected chi connectivity index (χ0v) is 12.3. The van der Waals surface area contributed by atoms with Crippen molar-refractivity contribution in [2.75, 3.05) is 26.8 Å². The first-order valence-electron chi connectivity index (χ1n) is 7.39. The normalized spacial score (nSPS) is 35.5. The van der Waals surface area contributed by atoms with Crippen LogP contribution in [0.4, 0.5) is 0 Å². The second kappa shape index (κ2) is 6.85. The van der Waals surface area contributed by atoms with Gasteiger partial charge in [-0.1, -0.05) is 0 Å². The predicted octanol–water partition coefficient (Wildman–Crippen LogP) is -0.656. The largest absolute Gasteiger partial charge is 0.390 e. The fraction of sp³-hybridized carbons (Fsp3) is 0.929. The van der Waals surface area contributed by atoms with E-state index in [1.165, 1.54) is 0 Å². The number of nitrogens with one attached hydrogen (secondary N) is 1. The first kappa shape index (κ1) is 15.7. The molecule has 0 spiro atoms. The summed E-state index contributed by atoms with van der Waals surface area (Å²) in [7, 11) is 1.61. The SMILES string of the molecule is COC[C@H]1C[C@@H](NC2CCN(C(C)=O)CC2)[C@H](O)[C@@H]1O. The third kappa shape index (κ3) is 3.49. The molecule has 0 aromatic rings. The van der Waals surface area contributed by atoms with Crippen LogP contribution >= 0.6 is 0 Å². The Hall–Kier alpha value is -0.690. The van der Waals surface area contributed by atoms with Gasteiger partial charge in [0.2, 0.25) is 5.91 Å². The molecular weight excluding hydrogens is 260 g/mol. The van der Waals surface area contributed by atoms with Crippen LogP contribution in [0.3, 0.4) is 0 Å². The van der Waals surface area contributed by atoms with Crippen LogP contribution in [0, 0.1) is 5.92 Å². The molecular formula is C14H26N2O4. The Bertz CT molecular complexity index is 331. The first-order valence-corrected chi connectivity index (χ1v) is 7.39. The van der Waals surface area contributed by atoms with E-state index in [-0.39, 0.29) is 17.9 Å². The molecule has 0 radical (unpaired) electrons. The lowest BCUT2D eigenvalue weighted by Crippen LogP contribution is -2.50. The summed E-state index contributed by atoms with van der Waals surface area (Å²) >= 11 is 0. The molecule has 1 saturated carbocycles. The molecule has 0 bridgehead atoms. The zero-order chi connectivity index (χ0) is 14.7. The average Bonchev–Trinajstić information content (AvgIpc) is 2.68. The van der Waals surface area contributed by atoms with Crippen LogP contribution in [0.25, 0.3) is 0 Å². The van der Waals surface area contributed by atoms with Gasteiger partial charge in [-0.2, -0.15) is 0 Å². The van der Waals surface area contributed by atoms with Gasteiger partial charge in [0.1, 0.15) is 0 Å². The summed E-state index contributed by atoms with van der Waals surface area (Å²) in [5, 5.41) is 23.5. The molecule has 4 atom stereocenters. The highest BCUT2D eigenvalue weighted by Gasteiger charge is 2.42. The second-order valence-electron chi connectivity index (χ2n) is 5.99. The minimum absolute atomic E-state index is 0.00944. The van der Waals surface area contributed by atoms with E-state index in [1.807, 2.05) is 4.90 Å². The summed E-state index contributed by atoms with van der Waals surface area (Å²) < 4.78 is 5.08. The summed E-state index contributed by atoms with van der Waals surface area (Å²) in [6.07, 6.45) is 1.07. The van der Waals surface area contributed by atoms with Crippen LogP contribution in [0.15, 0.2) is 0 Å². The standard InChI is InChI=1S/C14H26N2O4/c1-9(17)16-5-3-11(4-6-16)15-12-7-10(8-20-2)13(18)14(12)19/h10-15,18-19H,3-8H2,1-2H3/t10-,12-,13-,14+/m1/s1. The Balaban J connectivity index is 1.81. The number of likely N-dealkylation sites (tertiary alicyclic amines) is 1. The van der Waals surface area contributed by atoms with Gasteiger partial charge in [0.05, 0.1) is 18.8 Å². The van der Waals surface area contributed by atoms with Gasteiger partial charge < -0.3 is 25.2 Å². The second-order valence-corrected chi connectivity index (χ2v) is 5.99. The van der Waals surface area contributed by atoms with Crippen LogP contribution in [-0.2, 0) is 9.53 Å². The third-order valence-electron chi connectivity index (χ3n) is 4.57. The first-order chi connectivity index (χ1) is 9.52. The van der Waals surface area contributed by atoms with Crippen molar-refractivity contribution in [1.82, 2.24) is 10.2 Å². The Kier molecular flexibility index (Phi) is 5.37. The summed E-state index contributed by atoms with van der Waals surface area (Å²) in [5.41, 5.74) is 0. The van der Waals surface area contributed by atoms with Gasteiger partial charge in [-0.3, -0.25) is 4.79 Å². The fourth-order valence-corrected chi connectivity index (χ4v) is 3.33. The molecule has 1 aliphatic carbocycles.